The summed E-state index contributed by atoms with van der Waals surface area (Å²) in [5.74, 6) is -0.530. The van der Waals surface area contributed by atoms with Crippen molar-refractivity contribution in [3.8, 4) is 11.3 Å². The van der Waals surface area contributed by atoms with Gasteiger partial charge in [-0.3, -0.25) is 9.59 Å². The Morgan fingerprint density at radius 1 is 1.35 bits per heavy atom. The fraction of sp³-hybridized carbons (Fsp3) is 0.263. The van der Waals surface area contributed by atoms with Crippen LogP contribution in [0.2, 0.25) is 0 Å². The Labute approximate surface area is 150 Å². The first-order chi connectivity index (χ1) is 12.2. The molecule has 0 bridgehead atoms. The molecule has 3 N–H and O–H groups in total. The Morgan fingerprint density at radius 3 is 2.81 bits per heavy atom. The number of H-pyrrole nitrogens is 1. The molecule has 0 radical (unpaired) electrons. The minimum atomic E-state index is -0.530. The quantitative estimate of drug-likeness (QED) is 0.703. The van der Waals surface area contributed by atoms with Gasteiger partial charge in [-0.1, -0.05) is 20.8 Å². The van der Waals surface area contributed by atoms with Gasteiger partial charge < -0.3 is 15.3 Å². The van der Waals surface area contributed by atoms with Gasteiger partial charge in [0.2, 0.25) is 5.91 Å². The Bertz CT molecular complexity index is 1050. The van der Waals surface area contributed by atoms with Gasteiger partial charge in [0.05, 0.1) is 11.9 Å². The van der Waals surface area contributed by atoms with E-state index >= 15 is 0 Å². The van der Waals surface area contributed by atoms with E-state index in [1.54, 1.807) is 35.3 Å². The second-order valence-corrected chi connectivity index (χ2v) is 7.38. The van der Waals surface area contributed by atoms with E-state index in [1.807, 2.05) is 0 Å². The SMILES string of the molecule is CC(C)(C)Cn1cc(-c2cnc3[nH]cc(C=CC(N)=O)c3n2)ccc1=O. The number of nitrogens with zero attached hydrogens (tertiary/aromatic N) is 3. The molecule has 0 aliphatic carbocycles. The number of primary amides is 1. The van der Waals surface area contributed by atoms with E-state index < -0.39 is 5.91 Å². The highest BCUT2D eigenvalue weighted by atomic mass is 16.1. The van der Waals surface area contributed by atoms with Crippen molar-refractivity contribution in [2.75, 3.05) is 0 Å². The highest BCUT2D eigenvalue weighted by molar-refractivity contribution is 5.93. The smallest absolute Gasteiger partial charge is 0.250 e. The Kier molecular flexibility index (Phi) is 4.46. The molecule has 134 valence electrons. The van der Waals surface area contributed by atoms with Gasteiger partial charge in [0.1, 0.15) is 5.52 Å². The molecule has 0 fully saturated rings. The van der Waals surface area contributed by atoms with Gasteiger partial charge in [-0.25, -0.2) is 9.97 Å². The lowest BCUT2D eigenvalue weighted by Gasteiger charge is -2.20. The van der Waals surface area contributed by atoms with Gasteiger partial charge >= 0.3 is 0 Å². The van der Waals surface area contributed by atoms with Gasteiger partial charge in [0.15, 0.2) is 5.65 Å². The first kappa shape index (κ1) is 17.6. The molecule has 0 unspecified atom stereocenters. The van der Waals surface area contributed by atoms with Crippen LogP contribution < -0.4 is 11.3 Å². The van der Waals surface area contributed by atoms with E-state index in [4.69, 9.17) is 5.73 Å². The summed E-state index contributed by atoms with van der Waals surface area (Å²) in [5.41, 5.74) is 8.49. The molecule has 3 aromatic heterocycles. The van der Waals surface area contributed by atoms with E-state index in [9.17, 15) is 9.59 Å². The number of amides is 1. The van der Waals surface area contributed by atoms with Crippen molar-refractivity contribution in [3.05, 3.63) is 52.7 Å². The highest BCUT2D eigenvalue weighted by Crippen LogP contribution is 2.22. The van der Waals surface area contributed by atoms with Gasteiger partial charge in [0, 0.05) is 42.2 Å². The molecule has 7 heteroatoms. The second kappa shape index (κ2) is 6.59. The zero-order chi connectivity index (χ0) is 18.9. The predicted octanol–water partition coefficient (Wildman–Crippen LogP) is 2.33. The number of hydrogen-bond donors (Lipinski definition) is 2. The highest BCUT2D eigenvalue weighted by Gasteiger charge is 2.14. The minimum Gasteiger partial charge on any atom is -0.366 e. The number of hydrogen-bond acceptors (Lipinski definition) is 4. The molecule has 0 saturated heterocycles. The first-order valence-corrected chi connectivity index (χ1v) is 8.25. The van der Waals surface area contributed by atoms with Crippen molar-refractivity contribution in [1.29, 1.82) is 0 Å². The summed E-state index contributed by atoms with van der Waals surface area (Å²) >= 11 is 0. The number of carbonyl (C=O) groups excluding carboxylic acids is 1. The summed E-state index contributed by atoms with van der Waals surface area (Å²) in [7, 11) is 0. The summed E-state index contributed by atoms with van der Waals surface area (Å²) in [6.45, 7) is 6.84. The standard InChI is InChI=1S/C19H21N5O2/c1-19(2,3)11-24-10-13(5-7-16(24)26)14-9-22-18-17(23-14)12(8-21-18)4-6-15(20)25/h4-10H,11H2,1-3H3,(H2,20,25)(H,21,22). The lowest BCUT2D eigenvalue weighted by Crippen LogP contribution is -2.25. The monoisotopic (exact) mass is 351 g/mol. The zero-order valence-corrected chi connectivity index (χ0v) is 15.0. The Morgan fingerprint density at radius 2 is 2.12 bits per heavy atom. The van der Waals surface area contributed by atoms with Crippen molar-refractivity contribution < 1.29 is 4.79 Å². The number of aromatic nitrogens is 4. The Balaban J connectivity index is 2.05. The maximum absolute atomic E-state index is 12.1. The number of pyridine rings is 1. The van der Waals surface area contributed by atoms with Crippen LogP contribution in [0.3, 0.4) is 0 Å². The molecule has 0 aliphatic rings. The molecular weight excluding hydrogens is 330 g/mol. The summed E-state index contributed by atoms with van der Waals surface area (Å²) in [6.07, 6.45) is 8.05. The maximum Gasteiger partial charge on any atom is 0.250 e. The molecule has 1 amide bonds. The Hall–Kier alpha value is -3.22. The molecule has 26 heavy (non-hydrogen) atoms. The first-order valence-electron chi connectivity index (χ1n) is 8.25. The van der Waals surface area contributed by atoms with Crippen molar-refractivity contribution in [2.45, 2.75) is 27.3 Å². The molecule has 3 aromatic rings. The molecule has 0 aliphatic heterocycles. The van der Waals surface area contributed by atoms with E-state index in [1.165, 1.54) is 12.1 Å². The maximum atomic E-state index is 12.1. The predicted molar refractivity (Wildman–Crippen MR) is 101 cm³/mol. The average molecular weight is 351 g/mol. The molecule has 0 atom stereocenters. The van der Waals surface area contributed by atoms with Crippen LogP contribution in [0.1, 0.15) is 26.3 Å². The van der Waals surface area contributed by atoms with Crippen molar-refractivity contribution in [3.63, 3.8) is 0 Å². The fourth-order valence-electron chi connectivity index (χ4n) is 2.67. The van der Waals surface area contributed by atoms with E-state index in [0.717, 1.165) is 11.1 Å². The van der Waals surface area contributed by atoms with Crippen molar-refractivity contribution in [1.82, 2.24) is 19.5 Å². The lowest BCUT2D eigenvalue weighted by molar-refractivity contribution is -0.113. The second-order valence-electron chi connectivity index (χ2n) is 7.38. The molecular formula is C19H21N5O2. The number of nitrogens with one attached hydrogen (secondary N) is 1. The molecule has 0 aromatic carbocycles. The number of aromatic amines is 1. The van der Waals surface area contributed by atoms with Crippen LogP contribution in [0, 0.1) is 5.41 Å². The molecule has 7 nitrogen and oxygen atoms in total. The summed E-state index contributed by atoms with van der Waals surface area (Å²) in [6, 6.07) is 3.28. The number of nitrogens with two attached hydrogens (primary N) is 1. The van der Waals surface area contributed by atoms with Gasteiger partial charge in [-0.15, -0.1) is 0 Å². The molecule has 3 rings (SSSR count). The van der Waals surface area contributed by atoms with Gasteiger partial charge in [0.25, 0.3) is 5.56 Å². The third-order valence-electron chi connectivity index (χ3n) is 3.76. The van der Waals surface area contributed by atoms with Crippen LogP contribution in [-0.4, -0.2) is 25.4 Å². The van der Waals surface area contributed by atoms with Gasteiger partial charge in [-0.05, 0) is 17.6 Å². The van der Waals surface area contributed by atoms with Crippen LogP contribution in [0.15, 0.2) is 41.6 Å². The third kappa shape index (κ3) is 3.88. The summed E-state index contributed by atoms with van der Waals surface area (Å²) in [4.78, 5) is 35.1. The van der Waals surface area contributed by atoms with Crippen LogP contribution >= 0.6 is 0 Å². The summed E-state index contributed by atoms with van der Waals surface area (Å²) in [5, 5.41) is 0. The van der Waals surface area contributed by atoms with Crippen LogP contribution in [-0.2, 0) is 11.3 Å². The number of carbonyl (C=O) groups is 1. The van der Waals surface area contributed by atoms with Crippen LogP contribution in [0.5, 0.6) is 0 Å². The topological polar surface area (TPSA) is 107 Å². The lowest BCUT2D eigenvalue weighted by atomic mass is 9.97. The van der Waals surface area contributed by atoms with Gasteiger partial charge in [-0.2, -0.15) is 0 Å². The summed E-state index contributed by atoms with van der Waals surface area (Å²) < 4.78 is 1.69. The number of fused-ring (bicyclic) bond motifs is 1. The molecule has 0 spiro atoms. The molecule has 3 heterocycles. The normalized spacial score (nSPS) is 12.1. The van der Waals surface area contributed by atoms with Crippen molar-refractivity contribution in [2.24, 2.45) is 11.1 Å². The zero-order valence-electron chi connectivity index (χ0n) is 15.0. The van der Waals surface area contributed by atoms with E-state index in [0.29, 0.717) is 23.4 Å². The van der Waals surface area contributed by atoms with E-state index in [-0.39, 0.29) is 11.0 Å². The number of rotatable bonds is 4. The molecule has 0 saturated carbocycles. The van der Waals surface area contributed by atoms with E-state index in [2.05, 4.69) is 35.7 Å². The fourth-order valence-corrected chi connectivity index (χ4v) is 2.67. The average Bonchev–Trinajstić information content (AvgIpc) is 2.96. The third-order valence-corrected chi connectivity index (χ3v) is 3.76. The van der Waals surface area contributed by atoms with Crippen LogP contribution in [0.25, 0.3) is 28.5 Å². The van der Waals surface area contributed by atoms with Crippen molar-refractivity contribution >= 4 is 23.1 Å². The van der Waals surface area contributed by atoms with Crippen LogP contribution in [0.4, 0.5) is 0 Å². The largest absolute Gasteiger partial charge is 0.366 e. The minimum absolute atomic E-state index is 0.0224.